The van der Waals surface area contributed by atoms with Gasteiger partial charge in [-0.2, -0.15) is 10.4 Å². The highest BCUT2D eigenvalue weighted by molar-refractivity contribution is 6.18. The molecule has 13 heavy (non-hydrogen) atoms. The van der Waals surface area contributed by atoms with Gasteiger partial charge in [-0.25, -0.2) is 4.79 Å². The first-order chi connectivity index (χ1) is 6.06. The predicted octanol–water partition coefficient (Wildman–Crippen LogP) is 1.21. The summed E-state index contributed by atoms with van der Waals surface area (Å²) in [6.07, 6.45) is 1.23. The Morgan fingerprint density at radius 2 is 2.54 bits per heavy atom. The highest BCUT2D eigenvalue weighted by Gasteiger charge is 2.16. The maximum Gasteiger partial charge on any atom is 0.340 e. The monoisotopic (exact) mass is 199 g/mol. The fraction of sp³-hybridized carbons (Fsp3) is 0.286. The summed E-state index contributed by atoms with van der Waals surface area (Å²) in [5, 5.41) is 20.9. The molecule has 0 saturated carbocycles. The maximum absolute atomic E-state index is 10.6. The molecule has 1 aromatic heterocycles. The Balaban J connectivity index is 3.21. The Bertz CT molecular complexity index is 378. The van der Waals surface area contributed by atoms with Crippen LogP contribution < -0.4 is 0 Å². The van der Waals surface area contributed by atoms with Gasteiger partial charge >= 0.3 is 5.97 Å². The van der Waals surface area contributed by atoms with Gasteiger partial charge in [0.05, 0.1) is 0 Å². The first-order valence-corrected chi connectivity index (χ1v) is 3.86. The van der Waals surface area contributed by atoms with Gasteiger partial charge in [0.25, 0.3) is 0 Å². The van der Waals surface area contributed by atoms with Crippen LogP contribution in [0.4, 0.5) is 0 Å². The van der Waals surface area contributed by atoms with E-state index in [9.17, 15) is 4.79 Å². The number of aromatic nitrogens is 2. The third-order valence-corrected chi connectivity index (χ3v) is 1.63. The minimum absolute atomic E-state index is 0.125. The smallest absolute Gasteiger partial charge is 0.340 e. The Hall–Kier alpha value is -1.54. The third-order valence-electron chi connectivity index (χ3n) is 1.43. The number of alkyl halides is 1. The van der Waals surface area contributed by atoms with E-state index in [-0.39, 0.29) is 11.3 Å². The molecule has 5 nitrogen and oxygen atoms in total. The van der Waals surface area contributed by atoms with Crippen molar-refractivity contribution in [3.05, 3.63) is 17.5 Å². The van der Waals surface area contributed by atoms with Crippen molar-refractivity contribution in [1.82, 2.24) is 9.78 Å². The molecule has 1 N–H and O–H groups in total. The zero-order valence-electron chi connectivity index (χ0n) is 6.73. The Morgan fingerprint density at radius 1 is 1.92 bits per heavy atom. The molecule has 0 fully saturated rings. The number of nitrogens with zero attached hydrogens (tertiary/aromatic N) is 3. The number of hydrogen-bond donors (Lipinski definition) is 1. The normalized spacial score (nSPS) is 12.1. The lowest BCUT2D eigenvalue weighted by molar-refractivity contribution is 0.0696. The SMILES string of the molecule is CC(Cl)n1cc(C(=O)O)c(C#N)n1. The Labute approximate surface area is 79.2 Å². The largest absolute Gasteiger partial charge is 0.478 e. The zero-order chi connectivity index (χ0) is 10.0. The zero-order valence-corrected chi connectivity index (χ0v) is 7.49. The summed E-state index contributed by atoms with van der Waals surface area (Å²) >= 11 is 5.65. The molecule has 0 aliphatic carbocycles. The van der Waals surface area contributed by atoms with Crippen molar-refractivity contribution in [3.63, 3.8) is 0 Å². The topological polar surface area (TPSA) is 78.9 Å². The highest BCUT2D eigenvalue weighted by atomic mass is 35.5. The van der Waals surface area contributed by atoms with Gasteiger partial charge in [-0.3, -0.25) is 4.68 Å². The van der Waals surface area contributed by atoms with Crippen LogP contribution >= 0.6 is 11.6 Å². The molecular weight excluding hydrogens is 194 g/mol. The minimum atomic E-state index is -1.18. The number of aromatic carboxylic acids is 1. The highest BCUT2D eigenvalue weighted by Crippen LogP contribution is 2.13. The van der Waals surface area contributed by atoms with E-state index < -0.39 is 11.5 Å². The van der Waals surface area contributed by atoms with Gasteiger partial charge in [-0.05, 0) is 6.92 Å². The van der Waals surface area contributed by atoms with Gasteiger partial charge in [-0.15, -0.1) is 0 Å². The molecule has 68 valence electrons. The third kappa shape index (κ3) is 1.79. The van der Waals surface area contributed by atoms with E-state index in [1.807, 2.05) is 0 Å². The van der Waals surface area contributed by atoms with E-state index in [4.69, 9.17) is 22.0 Å². The summed E-state index contributed by atoms with van der Waals surface area (Å²) in [5.41, 5.74) is -0.727. The van der Waals surface area contributed by atoms with Crippen LogP contribution in [-0.4, -0.2) is 20.9 Å². The molecule has 1 rings (SSSR count). The van der Waals surface area contributed by atoms with Crippen LogP contribution in [0.3, 0.4) is 0 Å². The number of hydrogen-bond acceptors (Lipinski definition) is 3. The molecule has 1 heterocycles. The first-order valence-electron chi connectivity index (χ1n) is 3.43. The standard InChI is InChI=1S/C7H6ClN3O2/c1-4(8)11-3-5(7(12)13)6(2-9)10-11/h3-4H,1H3,(H,12,13). The number of carboxylic acids is 1. The lowest BCUT2D eigenvalue weighted by Crippen LogP contribution is -1.98. The van der Waals surface area contributed by atoms with E-state index in [1.54, 1.807) is 13.0 Å². The summed E-state index contributed by atoms with van der Waals surface area (Å²) < 4.78 is 1.23. The second-order valence-electron chi connectivity index (χ2n) is 2.36. The summed E-state index contributed by atoms with van der Waals surface area (Å²) in [4.78, 5) is 10.6. The van der Waals surface area contributed by atoms with Crippen molar-refractivity contribution in [3.8, 4) is 6.07 Å². The van der Waals surface area contributed by atoms with Crippen molar-refractivity contribution < 1.29 is 9.90 Å². The average Bonchev–Trinajstić information content (AvgIpc) is 2.47. The molecule has 1 unspecified atom stereocenters. The van der Waals surface area contributed by atoms with E-state index in [2.05, 4.69) is 5.10 Å². The van der Waals surface area contributed by atoms with Gasteiger partial charge in [0, 0.05) is 6.20 Å². The molecular formula is C7H6ClN3O2. The fourth-order valence-electron chi connectivity index (χ4n) is 0.813. The Kier molecular flexibility index (Phi) is 2.54. The van der Waals surface area contributed by atoms with Gasteiger partial charge < -0.3 is 5.11 Å². The second-order valence-corrected chi connectivity index (χ2v) is 2.99. The van der Waals surface area contributed by atoms with Crippen molar-refractivity contribution >= 4 is 17.6 Å². The number of carboxylic acid groups (broad SMARTS) is 1. The van der Waals surface area contributed by atoms with Crippen molar-refractivity contribution in [2.75, 3.05) is 0 Å². The van der Waals surface area contributed by atoms with Crippen molar-refractivity contribution in [2.45, 2.75) is 12.4 Å². The molecule has 0 spiro atoms. The summed E-state index contributed by atoms with van der Waals surface area (Å²) in [6, 6.07) is 1.68. The van der Waals surface area contributed by atoms with Gasteiger partial charge in [0.1, 0.15) is 17.1 Å². The van der Waals surface area contributed by atoms with Crippen molar-refractivity contribution in [1.29, 1.82) is 5.26 Å². The number of rotatable bonds is 2. The summed E-state index contributed by atoms with van der Waals surface area (Å²) in [5.74, 6) is -1.18. The molecule has 0 bridgehead atoms. The lowest BCUT2D eigenvalue weighted by atomic mass is 10.3. The van der Waals surface area contributed by atoms with Crippen LogP contribution in [0.1, 0.15) is 28.5 Å². The quantitative estimate of drug-likeness (QED) is 0.726. The number of carbonyl (C=O) groups is 1. The molecule has 0 aromatic carbocycles. The minimum Gasteiger partial charge on any atom is -0.478 e. The molecule has 1 aromatic rings. The van der Waals surface area contributed by atoms with E-state index in [1.165, 1.54) is 10.9 Å². The molecule has 6 heteroatoms. The molecule has 0 saturated heterocycles. The van der Waals surface area contributed by atoms with Crippen LogP contribution in [0.25, 0.3) is 0 Å². The lowest BCUT2D eigenvalue weighted by Gasteiger charge is -1.99. The van der Waals surface area contributed by atoms with E-state index in [0.717, 1.165) is 0 Å². The number of halogens is 1. The maximum atomic E-state index is 10.6. The average molecular weight is 200 g/mol. The van der Waals surface area contributed by atoms with Crippen LogP contribution in [0.15, 0.2) is 6.20 Å². The van der Waals surface area contributed by atoms with Crippen LogP contribution in [-0.2, 0) is 0 Å². The molecule has 0 radical (unpaired) electrons. The second kappa shape index (κ2) is 3.46. The van der Waals surface area contributed by atoms with E-state index >= 15 is 0 Å². The number of nitriles is 1. The van der Waals surface area contributed by atoms with Crippen LogP contribution in [0, 0.1) is 11.3 Å². The molecule has 1 atom stereocenters. The van der Waals surface area contributed by atoms with Gasteiger partial charge in [0.15, 0.2) is 5.69 Å². The molecule has 0 amide bonds. The summed E-state index contributed by atoms with van der Waals surface area (Å²) in [6.45, 7) is 1.63. The Morgan fingerprint density at radius 3 is 2.85 bits per heavy atom. The molecule has 0 aliphatic heterocycles. The fourth-order valence-corrected chi connectivity index (χ4v) is 0.913. The van der Waals surface area contributed by atoms with Gasteiger partial charge in [0.2, 0.25) is 0 Å². The predicted molar refractivity (Wildman–Crippen MR) is 44.5 cm³/mol. The van der Waals surface area contributed by atoms with Gasteiger partial charge in [-0.1, -0.05) is 11.6 Å². The van der Waals surface area contributed by atoms with Crippen molar-refractivity contribution in [2.24, 2.45) is 0 Å². The van der Waals surface area contributed by atoms with Crippen LogP contribution in [0.2, 0.25) is 0 Å². The van der Waals surface area contributed by atoms with E-state index in [0.29, 0.717) is 0 Å². The first kappa shape index (κ1) is 9.55. The van der Waals surface area contributed by atoms with Crippen LogP contribution in [0.5, 0.6) is 0 Å². The summed E-state index contributed by atoms with van der Waals surface area (Å²) in [7, 11) is 0. The molecule has 0 aliphatic rings.